The molecule has 2 aromatic carbocycles. The summed E-state index contributed by atoms with van der Waals surface area (Å²) in [6, 6.07) is 20.6. The molecule has 1 unspecified atom stereocenters. The summed E-state index contributed by atoms with van der Waals surface area (Å²) in [5, 5.41) is 12.9. The molecule has 0 spiro atoms. The first-order chi connectivity index (χ1) is 12.2. The minimum absolute atomic E-state index is 0.322. The summed E-state index contributed by atoms with van der Waals surface area (Å²) in [7, 11) is 0. The van der Waals surface area contributed by atoms with Gasteiger partial charge in [-0.1, -0.05) is 48.5 Å². The second-order valence-corrected chi connectivity index (χ2v) is 7.42. The first-order valence-electron chi connectivity index (χ1n) is 9.14. The smallest absolute Gasteiger partial charge is 0.107 e. The summed E-state index contributed by atoms with van der Waals surface area (Å²) >= 11 is 0. The maximum Gasteiger partial charge on any atom is 0.107 e. The van der Waals surface area contributed by atoms with Crippen LogP contribution >= 0.6 is 0 Å². The molecule has 0 saturated carbocycles. The standard InChI is InChI=1S/C22H22N2O/c25-22(15-24-12-10-18(22)11-13-24)19-14-17-8-4-5-9-20(17)23-21(19)16-6-2-1-3-7-16/h1-9,14,18,25H,10-13,15H2. The van der Waals surface area contributed by atoms with Gasteiger partial charge in [-0.2, -0.15) is 0 Å². The molecule has 1 aromatic heterocycles. The van der Waals surface area contributed by atoms with Gasteiger partial charge in [0.25, 0.3) is 0 Å². The largest absolute Gasteiger partial charge is 0.383 e. The zero-order valence-corrected chi connectivity index (χ0v) is 14.2. The van der Waals surface area contributed by atoms with Gasteiger partial charge in [0.15, 0.2) is 0 Å². The van der Waals surface area contributed by atoms with E-state index in [1.54, 1.807) is 0 Å². The second kappa shape index (κ2) is 5.65. The Bertz CT molecular complexity index is 916. The van der Waals surface area contributed by atoms with Gasteiger partial charge >= 0.3 is 0 Å². The van der Waals surface area contributed by atoms with Gasteiger partial charge in [0, 0.05) is 23.1 Å². The van der Waals surface area contributed by atoms with Crippen LogP contribution in [0.3, 0.4) is 0 Å². The Balaban J connectivity index is 1.76. The molecule has 25 heavy (non-hydrogen) atoms. The molecule has 0 aliphatic carbocycles. The Morgan fingerprint density at radius 3 is 2.40 bits per heavy atom. The van der Waals surface area contributed by atoms with E-state index < -0.39 is 5.60 Å². The molecule has 4 heterocycles. The molecule has 1 atom stereocenters. The Labute approximate surface area is 147 Å². The van der Waals surface area contributed by atoms with E-state index in [1.165, 1.54) is 0 Å². The van der Waals surface area contributed by atoms with Gasteiger partial charge in [0.1, 0.15) is 5.60 Å². The van der Waals surface area contributed by atoms with Crippen molar-refractivity contribution in [3.05, 3.63) is 66.2 Å². The van der Waals surface area contributed by atoms with Crippen LogP contribution in [0.5, 0.6) is 0 Å². The average Bonchev–Trinajstić information content (AvgIpc) is 2.68. The fourth-order valence-electron chi connectivity index (χ4n) is 4.61. The van der Waals surface area contributed by atoms with Crippen LogP contribution in [0.15, 0.2) is 60.7 Å². The molecule has 3 aliphatic heterocycles. The molecule has 6 rings (SSSR count). The molecular weight excluding hydrogens is 308 g/mol. The molecule has 3 heteroatoms. The summed E-state index contributed by atoms with van der Waals surface area (Å²) in [5.74, 6) is 0.322. The molecule has 0 amide bonds. The zero-order valence-electron chi connectivity index (χ0n) is 14.2. The molecule has 3 nitrogen and oxygen atoms in total. The molecule has 3 aliphatic rings. The normalized spacial score (nSPS) is 28.4. The highest BCUT2D eigenvalue weighted by atomic mass is 16.3. The van der Waals surface area contributed by atoms with E-state index in [1.807, 2.05) is 36.4 Å². The first-order valence-corrected chi connectivity index (χ1v) is 9.14. The Kier molecular flexibility index (Phi) is 3.40. The summed E-state index contributed by atoms with van der Waals surface area (Å²) < 4.78 is 0. The number of hydrogen-bond donors (Lipinski definition) is 1. The molecule has 3 saturated heterocycles. The number of aromatic nitrogens is 1. The van der Waals surface area contributed by atoms with Gasteiger partial charge in [0.2, 0.25) is 0 Å². The van der Waals surface area contributed by atoms with Crippen LogP contribution in [0.4, 0.5) is 0 Å². The predicted octanol–water partition coefficient (Wildman–Crippen LogP) is 3.82. The summed E-state index contributed by atoms with van der Waals surface area (Å²) in [5.41, 5.74) is 3.17. The molecule has 0 radical (unpaired) electrons. The van der Waals surface area contributed by atoms with Crippen LogP contribution < -0.4 is 0 Å². The minimum atomic E-state index is -0.807. The highest BCUT2D eigenvalue weighted by molar-refractivity contribution is 5.84. The van der Waals surface area contributed by atoms with Gasteiger partial charge in [-0.3, -0.25) is 0 Å². The van der Waals surface area contributed by atoms with Crippen molar-refractivity contribution < 1.29 is 5.11 Å². The molecule has 126 valence electrons. The van der Waals surface area contributed by atoms with Crippen LogP contribution in [-0.4, -0.2) is 34.6 Å². The van der Waals surface area contributed by atoms with E-state index >= 15 is 0 Å². The van der Waals surface area contributed by atoms with Crippen LogP contribution in [-0.2, 0) is 5.60 Å². The number of rotatable bonds is 2. The lowest BCUT2D eigenvalue weighted by Crippen LogP contribution is -2.57. The van der Waals surface area contributed by atoms with Crippen molar-refractivity contribution in [2.45, 2.75) is 18.4 Å². The van der Waals surface area contributed by atoms with Gasteiger partial charge in [-0.25, -0.2) is 4.98 Å². The maximum absolute atomic E-state index is 11.8. The average molecular weight is 330 g/mol. The fraction of sp³-hybridized carbons (Fsp3) is 0.318. The maximum atomic E-state index is 11.8. The topological polar surface area (TPSA) is 36.4 Å². The highest BCUT2D eigenvalue weighted by Gasteiger charge is 2.47. The van der Waals surface area contributed by atoms with Crippen molar-refractivity contribution in [2.75, 3.05) is 19.6 Å². The van der Waals surface area contributed by atoms with Crippen molar-refractivity contribution in [1.82, 2.24) is 9.88 Å². The van der Waals surface area contributed by atoms with E-state index in [0.717, 1.165) is 60.2 Å². The lowest BCUT2D eigenvalue weighted by molar-refractivity contribution is -0.117. The first kappa shape index (κ1) is 15.1. The number of pyridine rings is 1. The van der Waals surface area contributed by atoms with E-state index in [2.05, 4.69) is 29.2 Å². The number of hydrogen-bond acceptors (Lipinski definition) is 3. The molecular formula is C22H22N2O. The van der Waals surface area contributed by atoms with Gasteiger partial charge < -0.3 is 10.0 Å². The van der Waals surface area contributed by atoms with Crippen molar-refractivity contribution in [1.29, 1.82) is 0 Å². The quantitative estimate of drug-likeness (QED) is 0.776. The Morgan fingerprint density at radius 1 is 0.960 bits per heavy atom. The van der Waals surface area contributed by atoms with Crippen molar-refractivity contribution in [3.8, 4) is 11.3 Å². The summed E-state index contributed by atoms with van der Waals surface area (Å²) in [4.78, 5) is 7.36. The van der Waals surface area contributed by atoms with Crippen molar-refractivity contribution in [2.24, 2.45) is 5.92 Å². The minimum Gasteiger partial charge on any atom is -0.383 e. The predicted molar refractivity (Wildman–Crippen MR) is 100 cm³/mol. The number of fused-ring (bicyclic) bond motifs is 4. The molecule has 2 bridgehead atoms. The van der Waals surface area contributed by atoms with Crippen LogP contribution in [0.25, 0.3) is 22.2 Å². The van der Waals surface area contributed by atoms with E-state index in [4.69, 9.17) is 4.98 Å². The summed E-state index contributed by atoms with van der Waals surface area (Å²) in [6.07, 6.45) is 2.13. The Hall–Kier alpha value is -2.23. The van der Waals surface area contributed by atoms with Gasteiger partial charge in [-0.05, 0) is 44.0 Å². The number of nitrogens with zero attached hydrogens (tertiary/aromatic N) is 2. The SMILES string of the molecule is OC1(c2cc3ccccc3nc2-c2ccccc2)CN2CCC1CC2. The number of aliphatic hydroxyl groups is 1. The highest BCUT2D eigenvalue weighted by Crippen LogP contribution is 2.45. The second-order valence-electron chi connectivity index (χ2n) is 7.42. The van der Waals surface area contributed by atoms with Crippen LogP contribution in [0.1, 0.15) is 18.4 Å². The lowest BCUT2D eigenvalue weighted by Gasteiger charge is -2.51. The van der Waals surface area contributed by atoms with E-state index in [-0.39, 0.29) is 0 Å². The third-order valence-electron chi connectivity index (χ3n) is 5.97. The van der Waals surface area contributed by atoms with Gasteiger partial charge in [0.05, 0.1) is 11.2 Å². The number of benzene rings is 2. The van der Waals surface area contributed by atoms with Gasteiger partial charge in [-0.15, -0.1) is 0 Å². The zero-order chi connectivity index (χ0) is 16.9. The van der Waals surface area contributed by atoms with Crippen molar-refractivity contribution >= 4 is 10.9 Å². The van der Waals surface area contributed by atoms with Crippen molar-refractivity contribution in [3.63, 3.8) is 0 Å². The fourth-order valence-corrected chi connectivity index (χ4v) is 4.61. The van der Waals surface area contributed by atoms with Crippen LogP contribution in [0, 0.1) is 5.92 Å². The monoisotopic (exact) mass is 330 g/mol. The molecule has 3 aromatic rings. The van der Waals surface area contributed by atoms with E-state index in [0.29, 0.717) is 5.92 Å². The number of para-hydroxylation sites is 1. The Morgan fingerprint density at radius 2 is 1.68 bits per heavy atom. The third kappa shape index (κ3) is 2.38. The lowest BCUT2D eigenvalue weighted by atomic mass is 9.70. The molecule has 3 fully saturated rings. The number of piperidine rings is 3. The summed E-state index contributed by atoms with van der Waals surface area (Å²) in [6.45, 7) is 2.93. The van der Waals surface area contributed by atoms with E-state index in [9.17, 15) is 5.11 Å². The third-order valence-corrected chi connectivity index (χ3v) is 5.97. The van der Waals surface area contributed by atoms with Crippen LogP contribution in [0.2, 0.25) is 0 Å². The molecule has 1 N–H and O–H groups in total.